The van der Waals surface area contributed by atoms with E-state index >= 15 is 0 Å². The van der Waals surface area contributed by atoms with Gasteiger partial charge in [0.05, 0.1) is 20.3 Å². The molecular formula is C14H22ClNO3. The molecule has 0 aliphatic heterocycles. The zero-order chi connectivity index (χ0) is 14.3. The van der Waals surface area contributed by atoms with Crippen LogP contribution in [0, 0.1) is 0 Å². The van der Waals surface area contributed by atoms with E-state index in [2.05, 4.69) is 5.32 Å². The third-order valence-electron chi connectivity index (χ3n) is 2.90. The second kappa shape index (κ2) is 8.25. The second-order valence-corrected chi connectivity index (χ2v) is 4.63. The molecule has 1 atom stereocenters. The second-order valence-electron chi connectivity index (χ2n) is 4.20. The van der Waals surface area contributed by atoms with Gasteiger partial charge in [-0.05, 0) is 19.4 Å². The van der Waals surface area contributed by atoms with Crippen LogP contribution in [0.2, 0.25) is 5.02 Å². The first-order valence-electron chi connectivity index (χ1n) is 6.49. The summed E-state index contributed by atoms with van der Waals surface area (Å²) in [6.07, 6.45) is 0.859. The number of nitrogens with one attached hydrogen (secondary N) is 1. The smallest absolute Gasteiger partial charge is 0.165 e. The fourth-order valence-electron chi connectivity index (χ4n) is 1.81. The van der Waals surface area contributed by atoms with Crippen LogP contribution in [0.1, 0.15) is 25.8 Å². The lowest BCUT2D eigenvalue weighted by atomic mass is 10.1. The Kier molecular flexibility index (Phi) is 6.99. The molecule has 0 bridgehead atoms. The lowest BCUT2D eigenvalue weighted by Gasteiger charge is -2.18. The number of rotatable bonds is 8. The summed E-state index contributed by atoms with van der Waals surface area (Å²) >= 11 is 6.07. The predicted octanol–water partition coefficient (Wildman–Crippen LogP) is 2.61. The molecule has 0 saturated heterocycles. The van der Waals surface area contributed by atoms with Gasteiger partial charge in [-0.2, -0.15) is 0 Å². The highest BCUT2D eigenvalue weighted by Crippen LogP contribution is 2.34. The summed E-state index contributed by atoms with van der Waals surface area (Å²) < 4.78 is 10.9. The van der Waals surface area contributed by atoms with Gasteiger partial charge in [-0.15, -0.1) is 0 Å². The van der Waals surface area contributed by atoms with E-state index in [-0.39, 0.29) is 12.6 Å². The Morgan fingerprint density at radius 1 is 1.37 bits per heavy atom. The molecule has 1 aromatic rings. The molecule has 0 saturated carbocycles. The first-order valence-corrected chi connectivity index (χ1v) is 6.87. The van der Waals surface area contributed by atoms with Crippen LogP contribution in [0.15, 0.2) is 12.1 Å². The van der Waals surface area contributed by atoms with Crippen molar-refractivity contribution in [2.45, 2.75) is 32.9 Å². The average Bonchev–Trinajstić information content (AvgIpc) is 2.42. The molecule has 0 aromatic heterocycles. The number of aliphatic hydroxyl groups excluding tert-OH is 1. The van der Waals surface area contributed by atoms with Crippen LogP contribution < -0.4 is 14.8 Å². The molecule has 4 nitrogen and oxygen atoms in total. The number of hydrogen-bond donors (Lipinski definition) is 2. The highest BCUT2D eigenvalue weighted by Gasteiger charge is 2.13. The van der Waals surface area contributed by atoms with Gasteiger partial charge in [-0.3, -0.25) is 0 Å². The molecule has 5 heteroatoms. The van der Waals surface area contributed by atoms with Crippen LogP contribution in [0.5, 0.6) is 11.5 Å². The van der Waals surface area contributed by atoms with Crippen LogP contribution in [0.25, 0.3) is 0 Å². The van der Waals surface area contributed by atoms with Gasteiger partial charge < -0.3 is 19.9 Å². The van der Waals surface area contributed by atoms with Gasteiger partial charge in [-0.1, -0.05) is 18.5 Å². The highest BCUT2D eigenvalue weighted by atomic mass is 35.5. The normalized spacial score (nSPS) is 12.3. The van der Waals surface area contributed by atoms with Gasteiger partial charge in [-0.25, -0.2) is 0 Å². The maximum atomic E-state index is 9.19. The molecule has 19 heavy (non-hydrogen) atoms. The van der Waals surface area contributed by atoms with Gasteiger partial charge in [0.1, 0.15) is 0 Å². The van der Waals surface area contributed by atoms with E-state index < -0.39 is 0 Å². The van der Waals surface area contributed by atoms with Crippen LogP contribution >= 0.6 is 11.6 Å². The number of benzene rings is 1. The van der Waals surface area contributed by atoms with Crippen molar-refractivity contribution >= 4 is 11.6 Å². The SMILES string of the molecule is CCOc1c(CNC(CC)CO)cc(Cl)cc1OC. The van der Waals surface area contributed by atoms with E-state index in [9.17, 15) is 5.11 Å². The minimum absolute atomic E-state index is 0.0689. The van der Waals surface area contributed by atoms with E-state index in [1.807, 2.05) is 19.9 Å². The number of halogens is 1. The molecule has 0 radical (unpaired) electrons. The fraction of sp³-hybridized carbons (Fsp3) is 0.571. The van der Waals surface area contributed by atoms with Crippen LogP contribution in [0.4, 0.5) is 0 Å². The largest absolute Gasteiger partial charge is 0.493 e. The predicted molar refractivity (Wildman–Crippen MR) is 77.2 cm³/mol. The molecule has 2 N–H and O–H groups in total. The summed E-state index contributed by atoms with van der Waals surface area (Å²) in [6.45, 7) is 5.19. The van der Waals surface area contributed by atoms with E-state index in [1.165, 1.54) is 0 Å². The van der Waals surface area contributed by atoms with Gasteiger partial charge in [0.25, 0.3) is 0 Å². The summed E-state index contributed by atoms with van der Waals surface area (Å²) in [6, 6.07) is 3.66. The molecule has 0 heterocycles. The van der Waals surface area contributed by atoms with Crippen molar-refractivity contribution in [3.05, 3.63) is 22.7 Å². The topological polar surface area (TPSA) is 50.7 Å². The zero-order valence-corrected chi connectivity index (χ0v) is 12.5. The minimum atomic E-state index is 0.0689. The van der Waals surface area contributed by atoms with E-state index in [0.717, 1.165) is 12.0 Å². The first-order chi connectivity index (χ1) is 9.15. The lowest BCUT2D eigenvalue weighted by molar-refractivity contribution is 0.237. The Labute approximate surface area is 119 Å². The number of hydrogen-bond acceptors (Lipinski definition) is 4. The summed E-state index contributed by atoms with van der Waals surface area (Å²) in [5.74, 6) is 1.33. The van der Waals surface area contributed by atoms with Crippen molar-refractivity contribution < 1.29 is 14.6 Å². The van der Waals surface area contributed by atoms with Crippen molar-refractivity contribution in [3.8, 4) is 11.5 Å². The van der Waals surface area contributed by atoms with Crippen molar-refractivity contribution in [1.29, 1.82) is 0 Å². The Balaban J connectivity index is 2.93. The lowest BCUT2D eigenvalue weighted by Crippen LogP contribution is -2.31. The Morgan fingerprint density at radius 3 is 2.63 bits per heavy atom. The Morgan fingerprint density at radius 2 is 2.11 bits per heavy atom. The van der Waals surface area contributed by atoms with E-state index in [0.29, 0.717) is 29.7 Å². The van der Waals surface area contributed by atoms with Gasteiger partial charge in [0.2, 0.25) is 0 Å². The highest BCUT2D eigenvalue weighted by molar-refractivity contribution is 6.30. The third-order valence-corrected chi connectivity index (χ3v) is 3.12. The quantitative estimate of drug-likeness (QED) is 0.772. The molecule has 0 spiro atoms. The summed E-state index contributed by atoms with van der Waals surface area (Å²) in [4.78, 5) is 0. The van der Waals surface area contributed by atoms with E-state index in [4.69, 9.17) is 21.1 Å². The van der Waals surface area contributed by atoms with Crippen molar-refractivity contribution in [3.63, 3.8) is 0 Å². The minimum Gasteiger partial charge on any atom is -0.493 e. The Bertz CT molecular complexity index is 395. The fourth-order valence-corrected chi connectivity index (χ4v) is 2.04. The maximum absolute atomic E-state index is 9.19. The number of ether oxygens (including phenoxy) is 2. The van der Waals surface area contributed by atoms with Crippen LogP contribution in [0.3, 0.4) is 0 Å². The average molecular weight is 288 g/mol. The summed E-state index contributed by atoms with van der Waals surface area (Å²) in [7, 11) is 1.59. The number of aliphatic hydroxyl groups is 1. The van der Waals surface area contributed by atoms with Gasteiger partial charge >= 0.3 is 0 Å². The summed E-state index contributed by atoms with van der Waals surface area (Å²) in [5, 5.41) is 13.1. The summed E-state index contributed by atoms with van der Waals surface area (Å²) in [5.41, 5.74) is 0.929. The molecule has 0 fully saturated rings. The molecule has 0 aliphatic rings. The molecule has 1 unspecified atom stereocenters. The molecule has 0 aliphatic carbocycles. The monoisotopic (exact) mass is 287 g/mol. The maximum Gasteiger partial charge on any atom is 0.165 e. The molecule has 108 valence electrons. The van der Waals surface area contributed by atoms with Gasteiger partial charge in [0.15, 0.2) is 11.5 Å². The first kappa shape index (κ1) is 16.1. The van der Waals surface area contributed by atoms with E-state index in [1.54, 1.807) is 13.2 Å². The third kappa shape index (κ3) is 4.56. The van der Waals surface area contributed by atoms with Crippen molar-refractivity contribution in [2.75, 3.05) is 20.3 Å². The van der Waals surface area contributed by atoms with Crippen molar-refractivity contribution in [2.24, 2.45) is 0 Å². The van der Waals surface area contributed by atoms with Crippen LogP contribution in [-0.4, -0.2) is 31.5 Å². The molecule has 1 rings (SSSR count). The Hall–Kier alpha value is -0.970. The molecule has 0 amide bonds. The van der Waals surface area contributed by atoms with Gasteiger partial charge in [0, 0.05) is 29.2 Å². The van der Waals surface area contributed by atoms with Crippen LogP contribution in [-0.2, 0) is 6.54 Å². The van der Waals surface area contributed by atoms with Crippen molar-refractivity contribution in [1.82, 2.24) is 5.32 Å². The zero-order valence-electron chi connectivity index (χ0n) is 11.7. The number of methoxy groups -OCH3 is 1. The molecular weight excluding hydrogens is 266 g/mol. The molecule has 1 aromatic carbocycles. The standard InChI is InChI=1S/C14H22ClNO3/c1-4-12(9-17)16-8-10-6-11(15)7-13(18-3)14(10)19-5-2/h6-7,12,16-17H,4-5,8-9H2,1-3H3.